The minimum Gasteiger partial charge on any atom is -0.392 e. The molecular weight excluding hydrogens is 236 g/mol. The zero-order valence-corrected chi connectivity index (χ0v) is 11.2. The number of hydrogen-bond donors (Lipinski definition) is 1. The fraction of sp³-hybridized carbons (Fsp3) is 0.538. The van der Waals surface area contributed by atoms with Crippen LogP contribution < -0.4 is 0 Å². The van der Waals surface area contributed by atoms with Crippen molar-refractivity contribution in [2.75, 3.05) is 5.75 Å². The van der Waals surface area contributed by atoms with Gasteiger partial charge in [-0.2, -0.15) is 0 Å². The van der Waals surface area contributed by atoms with Crippen LogP contribution >= 0.6 is 0 Å². The third-order valence-electron chi connectivity index (χ3n) is 2.89. The van der Waals surface area contributed by atoms with Crippen LogP contribution in [0.15, 0.2) is 35.2 Å². The Labute approximate surface area is 103 Å². The van der Waals surface area contributed by atoms with Crippen molar-refractivity contribution in [3.8, 4) is 0 Å². The summed E-state index contributed by atoms with van der Waals surface area (Å²) in [5.41, 5.74) is 0. The van der Waals surface area contributed by atoms with Gasteiger partial charge in [-0.25, -0.2) is 8.42 Å². The van der Waals surface area contributed by atoms with Gasteiger partial charge in [-0.15, -0.1) is 0 Å². The minimum atomic E-state index is -3.37. The molecule has 0 aliphatic heterocycles. The molecule has 1 aromatic rings. The Balaban J connectivity index is 2.74. The molecule has 0 spiro atoms. The molecular formula is C13H20O3S. The van der Waals surface area contributed by atoms with Gasteiger partial charge in [-0.05, 0) is 24.5 Å². The number of aliphatic hydroxyl groups is 1. The first kappa shape index (κ1) is 14.2. The minimum absolute atomic E-state index is 0.0125. The van der Waals surface area contributed by atoms with E-state index in [-0.39, 0.29) is 16.6 Å². The van der Waals surface area contributed by atoms with E-state index in [1.54, 1.807) is 30.3 Å². The Morgan fingerprint density at radius 1 is 1.24 bits per heavy atom. The standard InChI is InChI=1S/C13H20O3S/c1-3-7-11(2)13(14)10-17(15,16)12-8-5-4-6-9-12/h4-6,8-9,11,13-14H,3,7,10H2,1-2H3/t11-,13+/m0/s1. The molecule has 0 heterocycles. The fourth-order valence-corrected chi connectivity index (χ4v) is 3.30. The third kappa shape index (κ3) is 4.13. The average Bonchev–Trinajstić information content (AvgIpc) is 2.30. The first-order valence-electron chi connectivity index (χ1n) is 5.93. The Hall–Kier alpha value is -0.870. The van der Waals surface area contributed by atoms with E-state index in [0.717, 1.165) is 12.8 Å². The van der Waals surface area contributed by atoms with Crippen molar-refractivity contribution in [2.24, 2.45) is 5.92 Å². The normalized spacial score (nSPS) is 15.5. The lowest BCUT2D eigenvalue weighted by Crippen LogP contribution is -2.27. The monoisotopic (exact) mass is 256 g/mol. The largest absolute Gasteiger partial charge is 0.392 e. The van der Waals surface area contributed by atoms with Crippen LogP contribution in [0.2, 0.25) is 0 Å². The van der Waals surface area contributed by atoms with E-state index in [1.165, 1.54) is 0 Å². The van der Waals surface area contributed by atoms with E-state index < -0.39 is 15.9 Å². The van der Waals surface area contributed by atoms with Crippen molar-refractivity contribution in [3.05, 3.63) is 30.3 Å². The van der Waals surface area contributed by atoms with Crippen LogP contribution in [0.3, 0.4) is 0 Å². The molecule has 2 atom stereocenters. The SMILES string of the molecule is CCC[C@H](C)[C@H](O)CS(=O)(=O)c1ccccc1. The second kappa shape index (κ2) is 6.17. The summed E-state index contributed by atoms with van der Waals surface area (Å²) in [7, 11) is -3.37. The van der Waals surface area contributed by atoms with Gasteiger partial charge < -0.3 is 5.11 Å². The summed E-state index contributed by atoms with van der Waals surface area (Å²) in [6.07, 6.45) is 0.995. The Morgan fingerprint density at radius 2 is 1.82 bits per heavy atom. The highest BCUT2D eigenvalue weighted by atomic mass is 32.2. The maximum atomic E-state index is 12.0. The molecule has 0 saturated heterocycles. The lowest BCUT2D eigenvalue weighted by atomic mass is 10.0. The zero-order valence-electron chi connectivity index (χ0n) is 10.3. The number of sulfone groups is 1. The fourth-order valence-electron chi connectivity index (χ4n) is 1.76. The van der Waals surface area contributed by atoms with E-state index in [1.807, 2.05) is 13.8 Å². The molecule has 0 aliphatic rings. The van der Waals surface area contributed by atoms with Crippen LogP contribution in [-0.2, 0) is 9.84 Å². The molecule has 0 fully saturated rings. The Bertz CT molecular complexity index is 425. The van der Waals surface area contributed by atoms with Crippen LogP contribution in [0.25, 0.3) is 0 Å². The van der Waals surface area contributed by atoms with E-state index in [4.69, 9.17) is 0 Å². The first-order chi connectivity index (χ1) is 7.97. The first-order valence-corrected chi connectivity index (χ1v) is 7.58. The second-order valence-corrected chi connectivity index (χ2v) is 6.46. The molecule has 1 N–H and O–H groups in total. The van der Waals surface area contributed by atoms with Gasteiger partial charge in [0.15, 0.2) is 9.84 Å². The second-order valence-electron chi connectivity index (χ2n) is 4.43. The predicted molar refractivity (Wildman–Crippen MR) is 68.6 cm³/mol. The summed E-state index contributed by atoms with van der Waals surface area (Å²) in [5.74, 6) is -0.184. The van der Waals surface area contributed by atoms with Crippen molar-refractivity contribution >= 4 is 9.84 Å². The Kier molecular flexibility index (Phi) is 5.15. The van der Waals surface area contributed by atoms with Gasteiger partial charge in [0.25, 0.3) is 0 Å². The van der Waals surface area contributed by atoms with Crippen LogP contribution in [0.1, 0.15) is 26.7 Å². The molecule has 3 nitrogen and oxygen atoms in total. The van der Waals surface area contributed by atoms with E-state index in [9.17, 15) is 13.5 Å². The summed E-state index contributed by atoms with van der Waals surface area (Å²) >= 11 is 0. The molecule has 0 unspecified atom stereocenters. The lowest BCUT2D eigenvalue weighted by Gasteiger charge is -2.18. The zero-order chi connectivity index (χ0) is 12.9. The summed E-state index contributed by atoms with van der Waals surface area (Å²) < 4.78 is 24.0. The quantitative estimate of drug-likeness (QED) is 0.849. The number of rotatable bonds is 6. The molecule has 1 aromatic carbocycles. The molecule has 4 heteroatoms. The third-order valence-corrected chi connectivity index (χ3v) is 4.66. The van der Waals surface area contributed by atoms with Gasteiger partial charge in [-0.1, -0.05) is 38.5 Å². The molecule has 0 saturated carbocycles. The highest BCUT2D eigenvalue weighted by molar-refractivity contribution is 7.91. The van der Waals surface area contributed by atoms with Gasteiger partial charge in [-0.3, -0.25) is 0 Å². The van der Waals surface area contributed by atoms with E-state index in [2.05, 4.69) is 0 Å². The van der Waals surface area contributed by atoms with Crippen LogP contribution in [0, 0.1) is 5.92 Å². The van der Waals surface area contributed by atoms with Gasteiger partial charge in [0, 0.05) is 0 Å². The molecule has 96 valence electrons. The van der Waals surface area contributed by atoms with Crippen molar-refractivity contribution in [3.63, 3.8) is 0 Å². The maximum absolute atomic E-state index is 12.0. The van der Waals surface area contributed by atoms with Crippen molar-refractivity contribution in [1.82, 2.24) is 0 Å². The van der Waals surface area contributed by atoms with E-state index in [0.29, 0.717) is 0 Å². The Morgan fingerprint density at radius 3 is 2.35 bits per heavy atom. The smallest absolute Gasteiger partial charge is 0.180 e. The van der Waals surface area contributed by atoms with Crippen LogP contribution in [0.4, 0.5) is 0 Å². The summed E-state index contributed by atoms with van der Waals surface area (Å²) in [6, 6.07) is 8.28. The van der Waals surface area contributed by atoms with E-state index >= 15 is 0 Å². The number of hydrogen-bond acceptors (Lipinski definition) is 3. The molecule has 0 radical (unpaired) electrons. The molecule has 1 rings (SSSR count). The number of aliphatic hydroxyl groups excluding tert-OH is 1. The van der Waals surface area contributed by atoms with Crippen molar-refractivity contribution < 1.29 is 13.5 Å². The van der Waals surface area contributed by atoms with Gasteiger partial charge in [0.1, 0.15) is 0 Å². The summed E-state index contributed by atoms with van der Waals surface area (Å²) in [6.45, 7) is 3.91. The van der Waals surface area contributed by atoms with Crippen LogP contribution in [0.5, 0.6) is 0 Å². The molecule has 0 aliphatic carbocycles. The highest BCUT2D eigenvalue weighted by Gasteiger charge is 2.23. The average molecular weight is 256 g/mol. The predicted octanol–water partition coefficient (Wildman–Crippen LogP) is 2.26. The van der Waals surface area contributed by atoms with Gasteiger partial charge >= 0.3 is 0 Å². The summed E-state index contributed by atoms with van der Waals surface area (Å²) in [5, 5.41) is 9.87. The van der Waals surface area contributed by atoms with Crippen molar-refractivity contribution in [1.29, 1.82) is 0 Å². The molecule has 0 amide bonds. The number of benzene rings is 1. The topological polar surface area (TPSA) is 54.4 Å². The molecule has 0 bridgehead atoms. The summed E-state index contributed by atoms with van der Waals surface area (Å²) in [4.78, 5) is 0.280. The van der Waals surface area contributed by atoms with Gasteiger partial charge in [0.05, 0.1) is 16.8 Å². The maximum Gasteiger partial charge on any atom is 0.180 e. The highest BCUT2D eigenvalue weighted by Crippen LogP contribution is 2.17. The molecule has 17 heavy (non-hydrogen) atoms. The van der Waals surface area contributed by atoms with Gasteiger partial charge in [0.2, 0.25) is 0 Å². The molecule has 0 aromatic heterocycles. The lowest BCUT2D eigenvalue weighted by molar-refractivity contribution is 0.132. The van der Waals surface area contributed by atoms with Crippen molar-refractivity contribution in [2.45, 2.75) is 37.7 Å². The van der Waals surface area contributed by atoms with Crippen LogP contribution in [-0.4, -0.2) is 25.4 Å².